The van der Waals surface area contributed by atoms with Crippen LogP contribution in [0.5, 0.6) is 5.75 Å². The molecule has 3 rings (SSSR count). The Hall–Kier alpha value is -1.67. The molecule has 5 nitrogen and oxygen atoms in total. The summed E-state index contributed by atoms with van der Waals surface area (Å²) in [5, 5.41) is 10.2. The van der Waals surface area contributed by atoms with Crippen molar-refractivity contribution in [2.75, 3.05) is 32.7 Å². The lowest BCUT2D eigenvalue weighted by Gasteiger charge is -2.47. The van der Waals surface area contributed by atoms with Gasteiger partial charge in [-0.05, 0) is 63.1 Å². The second-order valence-electron chi connectivity index (χ2n) is 8.73. The van der Waals surface area contributed by atoms with Gasteiger partial charge in [0.05, 0.1) is 6.04 Å². The molecule has 1 fully saturated rings. The van der Waals surface area contributed by atoms with E-state index in [2.05, 4.69) is 48.4 Å². The number of phenolic OH excluding ortho intramolecular Hbond substituents is 1. The minimum Gasteiger partial charge on any atom is -0.508 e. The SMILES string of the molecule is Br.Br.C=CCN1C[C@H](C)N([C@@H](c2ccc(C(=O)N(CC)CC)cc2)c2cccc(O)c2)C[C@H]1C. The maximum atomic E-state index is 12.8. The van der Waals surface area contributed by atoms with Crippen LogP contribution < -0.4 is 0 Å². The summed E-state index contributed by atoms with van der Waals surface area (Å²) in [6.45, 7) is 16.6. The minimum atomic E-state index is 0. The van der Waals surface area contributed by atoms with Gasteiger partial charge in [-0.2, -0.15) is 0 Å². The molecular weight excluding hydrogens is 558 g/mol. The van der Waals surface area contributed by atoms with Crippen LogP contribution in [0.1, 0.15) is 55.2 Å². The summed E-state index contributed by atoms with van der Waals surface area (Å²) in [5.74, 6) is 0.335. The molecule has 3 atom stereocenters. The van der Waals surface area contributed by atoms with E-state index in [-0.39, 0.29) is 51.7 Å². The number of carbonyl (C=O) groups excluding carboxylic acids is 1. The molecule has 0 saturated carbocycles. The maximum absolute atomic E-state index is 12.8. The summed E-state index contributed by atoms with van der Waals surface area (Å²) in [5.41, 5.74) is 2.90. The standard InChI is InChI=1S/C27H37N3O2.2BrH/c1-6-16-29-18-21(5)30(19-20(29)4)26(24-10-9-11-25(31)17-24)22-12-14-23(15-13-22)27(32)28(7-2)8-3;;/h6,9-15,17,20-21,26,31H,1,7-8,16,18-19H2,2-5H3;2*1H/t20-,21+,26+;;/m1../s1. The molecule has 0 aromatic heterocycles. The number of benzene rings is 2. The Morgan fingerprint density at radius 3 is 2.26 bits per heavy atom. The monoisotopic (exact) mass is 595 g/mol. The van der Waals surface area contributed by atoms with E-state index in [1.54, 1.807) is 6.07 Å². The Morgan fingerprint density at radius 2 is 1.71 bits per heavy atom. The predicted molar refractivity (Wildman–Crippen MR) is 152 cm³/mol. The maximum Gasteiger partial charge on any atom is 0.253 e. The number of hydrogen-bond acceptors (Lipinski definition) is 4. The summed E-state index contributed by atoms with van der Waals surface area (Å²) in [4.78, 5) is 19.6. The molecule has 1 aliphatic rings. The first-order valence-electron chi connectivity index (χ1n) is 11.7. The first kappa shape index (κ1) is 30.4. The first-order chi connectivity index (χ1) is 15.4. The van der Waals surface area contributed by atoms with Crippen LogP contribution in [-0.4, -0.2) is 70.5 Å². The molecule has 7 heteroatoms. The molecule has 0 spiro atoms. The summed E-state index contributed by atoms with van der Waals surface area (Å²) in [7, 11) is 0. The number of rotatable bonds is 8. The van der Waals surface area contributed by atoms with Gasteiger partial charge in [-0.15, -0.1) is 40.5 Å². The highest BCUT2D eigenvalue weighted by atomic mass is 79.9. The lowest BCUT2D eigenvalue weighted by atomic mass is 9.92. The molecule has 0 aliphatic carbocycles. The van der Waals surface area contributed by atoms with E-state index in [1.165, 1.54) is 0 Å². The third-order valence-corrected chi connectivity index (χ3v) is 6.57. The van der Waals surface area contributed by atoms with Crippen molar-refractivity contribution in [3.8, 4) is 5.75 Å². The van der Waals surface area contributed by atoms with Crippen LogP contribution in [0.4, 0.5) is 0 Å². The van der Waals surface area contributed by atoms with Crippen molar-refractivity contribution in [1.82, 2.24) is 14.7 Å². The molecule has 0 unspecified atom stereocenters. The molecule has 1 aliphatic heterocycles. The molecule has 0 bridgehead atoms. The number of aromatic hydroxyl groups is 1. The minimum absolute atomic E-state index is 0. The highest BCUT2D eigenvalue weighted by Gasteiger charge is 2.34. The van der Waals surface area contributed by atoms with E-state index in [4.69, 9.17) is 0 Å². The second kappa shape index (κ2) is 14.0. The Labute approximate surface area is 226 Å². The van der Waals surface area contributed by atoms with Gasteiger partial charge in [0.1, 0.15) is 5.75 Å². The molecule has 1 heterocycles. The van der Waals surface area contributed by atoms with Crippen LogP contribution in [0.3, 0.4) is 0 Å². The molecular formula is C27H39Br2N3O2. The van der Waals surface area contributed by atoms with E-state index >= 15 is 0 Å². The van der Waals surface area contributed by atoms with Crippen molar-refractivity contribution in [3.63, 3.8) is 0 Å². The van der Waals surface area contributed by atoms with Gasteiger partial charge in [0.25, 0.3) is 5.91 Å². The van der Waals surface area contributed by atoms with Crippen molar-refractivity contribution in [2.45, 2.75) is 45.8 Å². The number of phenols is 1. The van der Waals surface area contributed by atoms with Crippen LogP contribution in [-0.2, 0) is 0 Å². The van der Waals surface area contributed by atoms with E-state index in [9.17, 15) is 9.90 Å². The number of nitrogens with zero attached hydrogens (tertiary/aromatic N) is 3. The molecule has 188 valence electrons. The molecule has 2 aromatic carbocycles. The smallest absolute Gasteiger partial charge is 0.253 e. The van der Waals surface area contributed by atoms with Crippen LogP contribution in [0.15, 0.2) is 61.2 Å². The summed E-state index contributed by atoms with van der Waals surface area (Å²) < 4.78 is 0. The summed E-state index contributed by atoms with van der Waals surface area (Å²) >= 11 is 0. The van der Waals surface area contributed by atoms with Crippen molar-refractivity contribution >= 4 is 39.9 Å². The van der Waals surface area contributed by atoms with E-state index in [0.29, 0.717) is 30.7 Å². The van der Waals surface area contributed by atoms with E-state index in [0.717, 1.165) is 30.8 Å². The molecule has 0 radical (unpaired) electrons. The normalized spacial score (nSPS) is 19.4. The highest BCUT2D eigenvalue weighted by Crippen LogP contribution is 2.34. The Morgan fingerprint density at radius 1 is 1.06 bits per heavy atom. The highest BCUT2D eigenvalue weighted by molar-refractivity contribution is 8.93. The lowest BCUT2D eigenvalue weighted by Crippen LogP contribution is -2.57. The van der Waals surface area contributed by atoms with Gasteiger partial charge < -0.3 is 10.0 Å². The molecule has 34 heavy (non-hydrogen) atoms. The fraction of sp³-hybridized carbons (Fsp3) is 0.444. The Kier molecular flexibility index (Phi) is 12.5. The number of amides is 1. The van der Waals surface area contributed by atoms with Gasteiger partial charge in [0.2, 0.25) is 0 Å². The fourth-order valence-corrected chi connectivity index (χ4v) is 4.78. The Balaban J connectivity index is 0.00000289. The van der Waals surface area contributed by atoms with Crippen LogP contribution in [0.25, 0.3) is 0 Å². The summed E-state index contributed by atoms with van der Waals surface area (Å²) in [6.07, 6.45) is 1.97. The zero-order chi connectivity index (χ0) is 23.3. The average Bonchev–Trinajstić information content (AvgIpc) is 2.78. The number of halogens is 2. The number of hydrogen-bond donors (Lipinski definition) is 1. The zero-order valence-corrected chi connectivity index (χ0v) is 24.1. The van der Waals surface area contributed by atoms with Gasteiger partial charge in [0.15, 0.2) is 0 Å². The van der Waals surface area contributed by atoms with Gasteiger partial charge in [0, 0.05) is 50.4 Å². The van der Waals surface area contributed by atoms with Crippen molar-refractivity contribution in [2.24, 2.45) is 0 Å². The number of carbonyl (C=O) groups is 1. The topological polar surface area (TPSA) is 47.0 Å². The molecule has 1 N–H and O–H groups in total. The van der Waals surface area contributed by atoms with Gasteiger partial charge in [-0.3, -0.25) is 14.6 Å². The third kappa shape index (κ3) is 6.94. The quantitative estimate of drug-likeness (QED) is 0.397. The van der Waals surface area contributed by atoms with Gasteiger partial charge >= 0.3 is 0 Å². The largest absolute Gasteiger partial charge is 0.508 e. The van der Waals surface area contributed by atoms with Crippen molar-refractivity contribution in [1.29, 1.82) is 0 Å². The van der Waals surface area contributed by atoms with E-state index < -0.39 is 0 Å². The van der Waals surface area contributed by atoms with Crippen molar-refractivity contribution in [3.05, 3.63) is 77.9 Å². The van der Waals surface area contributed by atoms with Crippen molar-refractivity contribution < 1.29 is 9.90 Å². The van der Waals surface area contributed by atoms with Gasteiger partial charge in [-0.25, -0.2) is 0 Å². The molecule has 1 saturated heterocycles. The fourth-order valence-electron chi connectivity index (χ4n) is 4.78. The molecule has 1 amide bonds. The number of piperazine rings is 1. The third-order valence-electron chi connectivity index (χ3n) is 6.57. The average molecular weight is 597 g/mol. The second-order valence-corrected chi connectivity index (χ2v) is 8.73. The first-order valence-corrected chi connectivity index (χ1v) is 11.7. The summed E-state index contributed by atoms with van der Waals surface area (Å²) in [6, 6.07) is 16.3. The zero-order valence-electron chi connectivity index (χ0n) is 20.7. The lowest BCUT2D eigenvalue weighted by molar-refractivity contribution is 0.0306. The van der Waals surface area contributed by atoms with Crippen LogP contribution >= 0.6 is 34.0 Å². The predicted octanol–water partition coefficient (Wildman–Crippen LogP) is 5.70. The van der Waals surface area contributed by atoms with E-state index in [1.807, 2.05) is 49.1 Å². The Bertz CT molecular complexity index is 918. The molecule has 2 aromatic rings. The van der Waals surface area contributed by atoms with Crippen LogP contribution in [0, 0.1) is 0 Å². The van der Waals surface area contributed by atoms with Crippen LogP contribution in [0.2, 0.25) is 0 Å². The van der Waals surface area contributed by atoms with Gasteiger partial charge in [-0.1, -0.05) is 30.3 Å².